The van der Waals surface area contributed by atoms with E-state index >= 15 is 0 Å². The van der Waals surface area contributed by atoms with Gasteiger partial charge < -0.3 is 9.73 Å². The lowest BCUT2D eigenvalue weighted by Gasteiger charge is -2.05. The fraction of sp³-hybridized carbons (Fsp3) is 0.267. The van der Waals surface area contributed by atoms with E-state index in [0.29, 0.717) is 13.0 Å². The molecule has 0 unspecified atom stereocenters. The fourth-order valence-corrected chi connectivity index (χ4v) is 2.29. The second-order valence-electron chi connectivity index (χ2n) is 4.34. The Morgan fingerprint density at radius 1 is 1.26 bits per heavy atom. The number of aryl methyl sites for hydroxylation is 1. The van der Waals surface area contributed by atoms with E-state index in [0.717, 1.165) is 28.6 Å². The molecule has 0 fully saturated rings. The number of nitrogens with one attached hydrogen (secondary N) is 1. The zero-order chi connectivity index (χ0) is 13.5. The Hall–Kier alpha value is -1.55. The van der Waals surface area contributed by atoms with Crippen LogP contribution < -0.4 is 5.32 Å². The number of amides is 1. The molecule has 2 rings (SSSR count). The van der Waals surface area contributed by atoms with E-state index in [1.165, 1.54) is 0 Å². The Labute approximate surface area is 121 Å². The lowest BCUT2D eigenvalue weighted by atomic mass is 10.1. The second-order valence-corrected chi connectivity index (χ2v) is 5.26. The molecule has 1 aromatic carbocycles. The highest BCUT2D eigenvalue weighted by molar-refractivity contribution is 9.10. The first-order chi connectivity index (χ1) is 9.24. The van der Waals surface area contributed by atoms with E-state index in [1.54, 1.807) is 6.26 Å². The van der Waals surface area contributed by atoms with Crippen LogP contribution >= 0.6 is 15.9 Å². The summed E-state index contributed by atoms with van der Waals surface area (Å²) in [4.78, 5) is 11.7. The second kappa shape index (κ2) is 7.14. The number of rotatable bonds is 6. The van der Waals surface area contributed by atoms with Crippen molar-refractivity contribution in [2.45, 2.75) is 19.3 Å². The zero-order valence-corrected chi connectivity index (χ0v) is 12.2. The Morgan fingerprint density at radius 2 is 2.16 bits per heavy atom. The normalized spacial score (nSPS) is 10.4. The highest BCUT2D eigenvalue weighted by Crippen LogP contribution is 2.11. The maximum atomic E-state index is 11.7. The molecule has 0 bridgehead atoms. The summed E-state index contributed by atoms with van der Waals surface area (Å²) in [6, 6.07) is 11.6. The summed E-state index contributed by atoms with van der Waals surface area (Å²) in [6.45, 7) is 0.674. The summed E-state index contributed by atoms with van der Waals surface area (Å²) in [7, 11) is 0. The summed E-state index contributed by atoms with van der Waals surface area (Å²) in [6.07, 6.45) is 3.82. The molecule has 1 N–H and O–H groups in total. The van der Waals surface area contributed by atoms with E-state index in [9.17, 15) is 4.79 Å². The van der Waals surface area contributed by atoms with E-state index in [-0.39, 0.29) is 5.91 Å². The number of halogens is 1. The topological polar surface area (TPSA) is 42.2 Å². The lowest BCUT2D eigenvalue weighted by Crippen LogP contribution is -2.26. The first-order valence-corrected chi connectivity index (χ1v) is 7.07. The molecule has 0 aliphatic heterocycles. The average Bonchev–Trinajstić information content (AvgIpc) is 2.88. The van der Waals surface area contributed by atoms with Crippen LogP contribution in [0.2, 0.25) is 0 Å². The molecule has 0 saturated heterocycles. The Balaban J connectivity index is 1.67. The van der Waals surface area contributed by atoms with Gasteiger partial charge in [0.25, 0.3) is 0 Å². The third-order valence-corrected chi connectivity index (χ3v) is 3.25. The highest BCUT2D eigenvalue weighted by atomic mass is 79.9. The largest absolute Gasteiger partial charge is 0.469 e. The van der Waals surface area contributed by atoms with Crippen LogP contribution in [0.3, 0.4) is 0 Å². The van der Waals surface area contributed by atoms with Gasteiger partial charge in [-0.15, -0.1) is 0 Å². The lowest BCUT2D eigenvalue weighted by molar-refractivity contribution is -0.120. The predicted molar refractivity (Wildman–Crippen MR) is 77.9 cm³/mol. The molecule has 0 radical (unpaired) electrons. The van der Waals surface area contributed by atoms with Gasteiger partial charge in [-0.05, 0) is 36.2 Å². The predicted octanol–water partition coefficient (Wildman–Crippen LogP) is 3.33. The Bertz CT molecular complexity index is 523. The minimum atomic E-state index is 0.0533. The third-order valence-electron chi connectivity index (χ3n) is 2.76. The summed E-state index contributed by atoms with van der Waals surface area (Å²) in [5, 5.41) is 2.92. The van der Waals surface area contributed by atoms with Crippen LogP contribution in [-0.2, 0) is 17.6 Å². The number of hydrogen-bond donors (Lipinski definition) is 1. The molecule has 0 spiro atoms. The van der Waals surface area contributed by atoms with Gasteiger partial charge in [-0.3, -0.25) is 4.79 Å². The Kier molecular flexibility index (Phi) is 5.21. The van der Waals surface area contributed by atoms with E-state index in [2.05, 4.69) is 21.2 Å². The fourth-order valence-electron chi connectivity index (χ4n) is 1.84. The molecule has 0 atom stereocenters. The van der Waals surface area contributed by atoms with Gasteiger partial charge >= 0.3 is 0 Å². The number of carbonyl (C=O) groups excluding carboxylic acids is 1. The van der Waals surface area contributed by atoms with E-state index in [1.807, 2.05) is 36.4 Å². The van der Waals surface area contributed by atoms with Crippen molar-refractivity contribution in [1.29, 1.82) is 0 Å². The van der Waals surface area contributed by atoms with Crippen molar-refractivity contribution in [1.82, 2.24) is 5.32 Å². The van der Waals surface area contributed by atoms with Crippen molar-refractivity contribution in [3.63, 3.8) is 0 Å². The molecular formula is C15H16BrNO2. The van der Waals surface area contributed by atoms with Crippen LogP contribution in [0.25, 0.3) is 0 Å². The van der Waals surface area contributed by atoms with E-state index in [4.69, 9.17) is 4.42 Å². The van der Waals surface area contributed by atoms with Crippen LogP contribution in [0.1, 0.15) is 17.7 Å². The first kappa shape index (κ1) is 13.9. The maximum Gasteiger partial charge on any atom is 0.224 e. The van der Waals surface area contributed by atoms with Gasteiger partial charge in [0.1, 0.15) is 5.76 Å². The van der Waals surface area contributed by atoms with Crippen LogP contribution in [0.15, 0.2) is 51.6 Å². The molecule has 3 nitrogen and oxygen atoms in total. The van der Waals surface area contributed by atoms with Gasteiger partial charge in [0.2, 0.25) is 5.91 Å². The number of benzene rings is 1. The maximum absolute atomic E-state index is 11.7. The summed E-state index contributed by atoms with van der Waals surface area (Å²) in [5.74, 6) is 1.01. The minimum Gasteiger partial charge on any atom is -0.469 e. The highest BCUT2D eigenvalue weighted by Gasteiger charge is 2.03. The quantitative estimate of drug-likeness (QED) is 0.829. The van der Waals surface area contributed by atoms with Gasteiger partial charge in [0.15, 0.2) is 0 Å². The van der Waals surface area contributed by atoms with E-state index < -0.39 is 0 Å². The van der Waals surface area contributed by atoms with Gasteiger partial charge in [-0.25, -0.2) is 0 Å². The first-order valence-electron chi connectivity index (χ1n) is 6.27. The standard InChI is InChI=1S/C15H16BrNO2/c16-13-5-1-4-12(10-13)11-15(18)17-8-2-6-14-7-3-9-19-14/h1,3-5,7,9-10H,2,6,8,11H2,(H,17,18). The van der Waals surface area contributed by atoms with Crippen molar-refractivity contribution < 1.29 is 9.21 Å². The molecule has 0 aliphatic carbocycles. The van der Waals surface area contributed by atoms with Crippen molar-refractivity contribution in [2.75, 3.05) is 6.54 Å². The molecular weight excluding hydrogens is 306 g/mol. The van der Waals surface area contributed by atoms with Gasteiger partial charge in [0, 0.05) is 17.4 Å². The number of furan rings is 1. The summed E-state index contributed by atoms with van der Waals surface area (Å²) in [5.41, 5.74) is 1.01. The zero-order valence-electron chi connectivity index (χ0n) is 10.6. The van der Waals surface area contributed by atoms with Crippen LogP contribution in [0.4, 0.5) is 0 Å². The average molecular weight is 322 g/mol. The molecule has 0 saturated carbocycles. The molecule has 1 heterocycles. The monoisotopic (exact) mass is 321 g/mol. The summed E-state index contributed by atoms with van der Waals surface area (Å²) >= 11 is 3.40. The van der Waals surface area contributed by atoms with Crippen molar-refractivity contribution in [3.8, 4) is 0 Å². The van der Waals surface area contributed by atoms with Gasteiger partial charge in [0.05, 0.1) is 12.7 Å². The van der Waals surface area contributed by atoms with Crippen molar-refractivity contribution in [2.24, 2.45) is 0 Å². The van der Waals surface area contributed by atoms with Crippen molar-refractivity contribution >= 4 is 21.8 Å². The van der Waals surface area contributed by atoms with Gasteiger partial charge in [-0.1, -0.05) is 28.1 Å². The minimum absolute atomic E-state index is 0.0533. The number of hydrogen-bond acceptors (Lipinski definition) is 2. The molecule has 4 heteroatoms. The number of carbonyl (C=O) groups is 1. The molecule has 100 valence electrons. The molecule has 2 aromatic rings. The smallest absolute Gasteiger partial charge is 0.224 e. The molecule has 1 amide bonds. The van der Waals surface area contributed by atoms with Crippen LogP contribution in [0.5, 0.6) is 0 Å². The SMILES string of the molecule is O=C(Cc1cccc(Br)c1)NCCCc1ccco1. The Morgan fingerprint density at radius 3 is 2.89 bits per heavy atom. The molecule has 1 aromatic heterocycles. The summed E-state index contributed by atoms with van der Waals surface area (Å²) < 4.78 is 6.23. The van der Waals surface area contributed by atoms with Crippen LogP contribution in [-0.4, -0.2) is 12.5 Å². The molecule has 0 aliphatic rings. The third kappa shape index (κ3) is 4.91. The molecule has 19 heavy (non-hydrogen) atoms. The van der Waals surface area contributed by atoms with Crippen LogP contribution in [0, 0.1) is 0 Å². The van der Waals surface area contributed by atoms with Crippen molar-refractivity contribution in [3.05, 3.63) is 58.5 Å². The van der Waals surface area contributed by atoms with Gasteiger partial charge in [-0.2, -0.15) is 0 Å².